The third-order valence-electron chi connectivity index (χ3n) is 4.29. The van der Waals surface area contributed by atoms with Gasteiger partial charge in [-0.25, -0.2) is 0 Å². The highest BCUT2D eigenvalue weighted by atomic mass is 16.5. The molecule has 0 amide bonds. The zero-order valence-electron chi connectivity index (χ0n) is 10.4. The number of benzene rings is 1. The lowest BCUT2D eigenvalue weighted by molar-refractivity contribution is 0.151. The zero-order valence-corrected chi connectivity index (χ0v) is 10.4. The van der Waals surface area contributed by atoms with Crippen molar-refractivity contribution in [1.82, 2.24) is 0 Å². The van der Waals surface area contributed by atoms with Crippen LogP contribution >= 0.6 is 0 Å². The summed E-state index contributed by atoms with van der Waals surface area (Å²) in [6.07, 6.45) is 6.98. The quantitative estimate of drug-likeness (QED) is 0.866. The van der Waals surface area contributed by atoms with Crippen molar-refractivity contribution >= 4 is 0 Å². The van der Waals surface area contributed by atoms with E-state index in [2.05, 4.69) is 6.07 Å². The van der Waals surface area contributed by atoms with E-state index in [1.807, 2.05) is 12.1 Å². The Morgan fingerprint density at radius 2 is 1.94 bits per heavy atom. The van der Waals surface area contributed by atoms with Crippen molar-refractivity contribution in [3.63, 3.8) is 0 Å². The standard InChI is InChI=1S/C15H20O2/c1-17-14-7-6-12(15(16)8-9-15)10-13(14)11-4-2-3-5-11/h6-7,10-11,16H,2-5,8-9H2,1H3. The lowest BCUT2D eigenvalue weighted by Gasteiger charge is -2.17. The fraction of sp³-hybridized carbons (Fsp3) is 0.600. The monoisotopic (exact) mass is 232 g/mol. The molecule has 0 atom stereocenters. The molecule has 0 aromatic heterocycles. The van der Waals surface area contributed by atoms with Gasteiger partial charge in [0.1, 0.15) is 5.75 Å². The summed E-state index contributed by atoms with van der Waals surface area (Å²) in [5.41, 5.74) is 1.86. The number of aliphatic hydroxyl groups is 1. The molecule has 0 bridgehead atoms. The molecule has 2 heteroatoms. The Bertz CT molecular complexity index is 415. The average molecular weight is 232 g/mol. The third-order valence-corrected chi connectivity index (χ3v) is 4.29. The van der Waals surface area contributed by atoms with Crippen molar-refractivity contribution in [3.8, 4) is 5.75 Å². The highest BCUT2D eigenvalue weighted by molar-refractivity contribution is 5.43. The van der Waals surface area contributed by atoms with Gasteiger partial charge in [0, 0.05) is 0 Å². The number of rotatable bonds is 3. The predicted octanol–water partition coefficient (Wildman–Crippen LogP) is 3.33. The number of hydrogen-bond acceptors (Lipinski definition) is 2. The van der Waals surface area contributed by atoms with Gasteiger partial charge in [0.15, 0.2) is 0 Å². The van der Waals surface area contributed by atoms with Gasteiger partial charge in [0.2, 0.25) is 0 Å². The summed E-state index contributed by atoms with van der Waals surface area (Å²) in [6.45, 7) is 0. The Balaban J connectivity index is 1.97. The SMILES string of the molecule is COc1ccc(C2(O)CC2)cc1C1CCCC1. The predicted molar refractivity (Wildman–Crippen MR) is 67.3 cm³/mol. The van der Waals surface area contributed by atoms with Gasteiger partial charge in [-0.2, -0.15) is 0 Å². The van der Waals surface area contributed by atoms with Crippen molar-refractivity contribution in [2.45, 2.75) is 50.0 Å². The molecular formula is C15H20O2. The van der Waals surface area contributed by atoms with Crippen molar-refractivity contribution in [3.05, 3.63) is 29.3 Å². The van der Waals surface area contributed by atoms with Crippen LogP contribution in [0.3, 0.4) is 0 Å². The van der Waals surface area contributed by atoms with E-state index >= 15 is 0 Å². The first-order chi connectivity index (χ1) is 8.23. The largest absolute Gasteiger partial charge is 0.496 e. The average Bonchev–Trinajstić information content (AvgIpc) is 2.91. The van der Waals surface area contributed by atoms with Crippen molar-refractivity contribution < 1.29 is 9.84 Å². The van der Waals surface area contributed by atoms with Crippen LogP contribution in [0.15, 0.2) is 18.2 Å². The van der Waals surface area contributed by atoms with Gasteiger partial charge in [0.25, 0.3) is 0 Å². The first-order valence-corrected chi connectivity index (χ1v) is 6.64. The molecule has 0 heterocycles. The molecule has 92 valence electrons. The Labute approximate surface area is 103 Å². The smallest absolute Gasteiger partial charge is 0.122 e. The van der Waals surface area contributed by atoms with Crippen LogP contribution in [0.5, 0.6) is 5.75 Å². The minimum Gasteiger partial charge on any atom is -0.496 e. The van der Waals surface area contributed by atoms with Crippen molar-refractivity contribution in [1.29, 1.82) is 0 Å². The highest BCUT2D eigenvalue weighted by Crippen LogP contribution is 2.48. The lowest BCUT2D eigenvalue weighted by Crippen LogP contribution is -2.06. The van der Waals surface area contributed by atoms with Gasteiger partial charge in [-0.05, 0) is 54.9 Å². The maximum Gasteiger partial charge on any atom is 0.122 e. The minimum atomic E-state index is -0.528. The maximum absolute atomic E-state index is 10.2. The van der Waals surface area contributed by atoms with Gasteiger partial charge in [0.05, 0.1) is 12.7 Å². The molecule has 2 aliphatic rings. The van der Waals surface area contributed by atoms with Crippen LogP contribution in [0.25, 0.3) is 0 Å². The van der Waals surface area contributed by atoms with Crippen molar-refractivity contribution in [2.24, 2.45) is 0 Å². The van der Waals surface area contributed by atoms with E-state index in [4.69, 9.17) is 4.74 Å². The van der Waals surface area contributed by atoms with Crippen LogP contribution in [-0.2, 0) is 5.60 Å². The topological polar surface area (TPSA) is 29.5 Å². The van der Waals surface area contributed by atoms with Crippen LogP contribution in [-0.4, -0.2) is 12.2 Å². The van der Waals surface area contributed by atoms with E-state index in [0.29, 0.717) is 5.92 Å². The van der Waals surface area contributed by atoms with Crippen molar-refractivity contribution in [2.75, 3.05) is 7.11 Å². The Kier molecular flexibility index (Phi) is 2.62. The van der Waals surface area contributed by atoms with E-state index in [1.165, 1.54) is 31.2 Å². The molecule has 0 aliphatic heterocycles. The van der Waals surface area contributed by atoms with E-state index < -0.39 is 5.60 Å². The molecule has 17 heavy (non-hydrogen) atoms. The summed E-state index contributed by atoms with van der Waals surface area (Å²) < 4.78 is 5.46. The first-order valence-electron chi connectivity index (χ1n) is 6.64. The van der Waals surface area contributed by atoms with Crippen LogP contribution in [0.4, 0.5) is 0 Å². The molecule has 1 N–H and O–H groups in total. The molecule has 0 saturated heterocycles. The van der Waals surface area contributed by atoms with Gasteiger partial charge >= 0.3 is 0 Å². The Hall–Kier alpha value is -1.02. The molecule has 0 spiro atoms. The third kappa shape index (κ3) is 1.95. The number of hydrogen-bond donors (Lipinski definition) is 1. The van der Waals surface area contributed by atoms with E-state index in [-0.39, 0.29) is 0 Å². The second kappa shape index (κ2) is 4.02. The molecule has 2 aliphatic carbocycles. The van der Waals surface area contributed by atoms with Crippen LogP contribution in [0, 0.1) is 0 Å². The fourth-order valence-electron chi connectivity index (χ4n) is 2.99. The summed E-state index contributed by atoms with van der Waals surface area (Å²) in [5, 5.41) is 10.2. The van der Waals surface area contributed by atoms with E-state index in [0.717, 1.165) is 24.2 Å². The molecule has 1 aromatic carbocycles. The van der Waals surface area contributed by atoms with Gasteiger partial charge in [-0.3, -0.25) is 0 Å². The van der Waals surface area contributed by atoms with E-state index in [9.17, 15) is 5.11 Å². The van der Waals surface area contributed by atoms with E-state index in [1.54, 1.807) is 7.11 Å². The Morgan fingerprint density at radius 1 is 1.24 bits per heavy atom. The zero-order chi connectivity index (χ0) is 11.9. The molecular weight excluding hydrogens is 212 g/mol. The fourth-order valence-corrected chi connectivity index (χ4v) is 2.99. The number of methoxy groups -OCH3 is 1. The summed E-state index contributed by atoms with van der Waals surface area (Å²) >= 11 is 0. The molecule has 2 saturated carbocycles. The second-order valence-electron chi connectivity index (χ2n) is 5.47. The summed E-state index contributed by atoms with van der Waals surface area (Å²) in [7, 11) is 1.74. The van der Waals surface area contributed by atoms with Crippen LogP contribution < -0.4 is 4.74 Å². The summed E-state index contributed by atoms with van der Waals surface area (Å²) in [6, 6.07) is 6.23. The molecule has 2 nitrogen and oxygen atoms in total. The second-order valence-corrected chi connectivity index (χ2v) is 5.47. The van der Waals surface area contributed by atoms with Crippen LogP contribution in [0.1, 0.15) is 55.6 Å². The molecule has 2 fully saturated rings. The van der Waals surface area contributed by atoms with Gasteiger partial charge < -0.3 is 9.84 Å². The molecule has 3 rings (SSSR count). The highest BCUT2D eigenvalue weighted by Gasteiger charge is 2.42. The molecule has 1 aromatic rings. The molecule has 0 unspecified atom stereocenters. The Morgan fingerprint density at radius 3 is 2.53 bits per heavy atom. The van der Waals surface area contributed by atoms with Crippen LogP contribution in [0.2, 0.25) is 0 Å². The summed E-state index contributed by atoms with van der Waals surface area (Å²) in [5.74, 6) is 1.62. The number of ether oxygens (including phenoxy) is 1. The maximum atomic E-state index is 10.2. The first kappa shape index (κ1) is 11.1. The minimum absolute atomic E-state index is 0.528. The van der Waals surface area contributed by atoms with Gasteiger partial charge in [-0.15, -0.1) is 0 Å². The molecule has 0 radical (unpaired) electrons. The normalized spacial score (nSPS) is 22.7. The van der Waals surface area contributed by atoms with Gasteiger partial charge in [-0.1, -0.05) is 18.9 Å². The summed E-state index contributed by atoms with van der Waals surface area (Å²) in [4.78, 5) is 0. The lowest BCUT2D eigenvalue weighted by atomic mass is 9.93.